The second-order valence-electron chi connectivity index (χ2n) is 6.59. The molecule has 0 radical (unpaired) electrons. The fourth-order valence-electron chi connectivity index (χ4n) is 3.44. The van der Waals surface area contributed by atoms with E-state index in [4.69, 9.17) is 0 Å². The Morgan fingerprint density at radius 1 is 1.43 bits per heavy atom. The molecule has 1 aliphatic rings. The number of Topliss-reactive ketones (excluding diaryl/α,β-unsaturated/α-hetero) is 1. The van der Waals surface area contributed by atoms with E-state index in [9.17, 15) is 4.79 Å². The lowest BCUT2D eigenvalue weighted by Gasteiger charge is -2.30. The summed E-state index contributed by atoms with van der Waals surface area (Å²) in [6, 6.07) is 2.45. The molecule has 1 fully saturated rings. The Hall–Kier alpha value is -1.16. The lowest BCUT2D eigenvalue weighted by Crippen LogP contribution is -2.39. The quantitative estimate of drug-likeness (QED) is 0.840. The highest BCUT2D eigenvalue weighted by Gasteiger charge is 2.43. The highest BCUT2D eigenvalue weighted by atomic mass is 16.1. The summed E-state index contributed by atoms with van der Waals surface area (Å²) in [6.45, 7) is 10.4. The highest BCUT2D eigenvalue weighted by molar-refractivity contribution is 5.87. The van der Waals surface area contributed by atoms with Gasteiger partial charge in [-0.05, 0) is 37.8 Å². The maximum atomic E-state index is 12.8. The standard InChI is InChI=1S/C17H29N3O/c1-5-15(6-2)20-10-7-14(19-20)11-16(21)17(13(3)4)8-9-18-12-17/h7,10,13,15,18H,5-6,8-9,11-12H2,1-4H3. The first-order valence-electron chi connectivity index (χ1n) is 8.31. The van der Waals surface area contributed by atoms with Crippen molar-refractivity contribution in [1.29, 1.82) is 0 Å². The third kappa shape index (κ3) is 3.20. The van der Waals surface area contributed by atoms with E-state index in [0.29, 0.717) is 24.2 Å². The topological polar surface area (TPSA) is 46.9 Å². The van der Waals surface area contributed by atoms with Crippen LogP contribution in [0.15, 0.2) is 12.3 Å². The molecule has 118 valence electrons. The second kappa shape index (κ2) is 6.73. The largest absolute Gasteiger partial charge is 0.316 e. The number of rotatable bonds is 7. The number of nitrogens with zero attached hydrogens (tertiary/aromatic N) is 2. The number of hydrogen-bond donors (Lipinski definition) is 1. The van der Waals surface area contributed by atoms with Gasteiger partial charge in [-0.1, -0.05) is 27.7 Å². The van der Waals surface area contributed by atoms with Crippen molar-refractivity contribution in [3.8, 4) is 0 Å². The van der Waals surface area contributed by atoms with E-state index >= 15 is 0 Å². The normalized spacial score (nSPS) is 22.4. The van der Waals surface area contributed by atoms with Crippen LogP contribution in [0.3, 0.4) is 0 Å². The van der Waals surface area contributed by atoms with Crippen molar-refractivity contribution in [2.24, 2.45) is 11.3 Å². The van der Waals surface area contributed by atoms with Gasteiger partial charge in [0.25, 0.3) is 0 Å². The predicted octanol–water partition coefficient (Wildman–Crippen LogP) is 2.99. The molecule has 1 atom stereocenters. The van der Waals surface area contributed by atoms with Gasteiger partial charge in [0.05, 0.1) is 18.2 Å². The predicted molar refractivity (Wildman–Crippen MR) is 85.3 cm³/mol. The van der Waals surface area contributed by atoms with E-state index in [1.165, 1.54) is 0 Å². The zero-order valence-electron chi connectivity index (χ0n) is 13.9. The molecule has 2 heterocycles. The highest BCUT2D eigenvalue weighted by Crippen LogP contribution is 2.36. The molecule has 1 N–H and O–H groups in total. The van der Waals surface area contributed by atoms with E-state index in [1.54, 1.807) is 0 Å². The van der Waals surface area contributed by atoms with Crippen LogP contribution in [0.5, 0.6) is 0 Å². The second-order valence-corrected chi connectivity index (χ2v) is 6.59. The number of carbonyl (C=O) groups excluding carboxylic acids is 1. The Labute approximate surface area is 128 Å². The van der Waals surface area contributed by atoms with Gasteiger partial charge in [0, 0.05) is 18.2 Å². The van der Waals surface area contributed by atoms with E-state index < -0.39 is 0 Å². The van der Waals surface area contributed by atoms with Crippen LogP contribution in [-0.2, 0) is 11.2 Å². The molecule has 0 aromatic carbocycles. The molecular weight excluding hydrogens is 262 g/mol. The molecule has 0 bridgehead atoms. The average Bonchev–Trinajstić information content (AvgIpc) is 3.10. The van der Waals surface area contributed by atoms with Gasteiger partial charge in [-0.3, -0.25) is 9.48 Å². The van der Waals surface area contributed by atoms with Crippen molar-refractivity contribution in [3.05, 3.63) is 18.0 Å². The van der Waals surface area contributed by atoms with Crippen LogP contribution in [-0.4, -0.2) is 28.7 Å². The molecule has 1 saturated heterocycles. The Kier molecular flexibility index (Phi) is 5.20. The summed E-state index contributed by atoms with van der Waals surface area (Å²) in [5, 5.41) is 7.99. The van der Waals surface area contributed by atoms with Crippen molar-refractivity contribution in [3.63, 3.8) is 0 Å². The molecule has 0 amide bonds. The molecule has 4 heteroatoms. The van der Waals surface area contributed by atoms with Crippen LogP contribution in [0.4, 0.5) is 0 Å². The first-order chi connectivity index (χ1) is 10.0. The molecule has 1 aliphatic heterocycles. The van der Waals surface area contributed by atoms with Gasteiger partial charge in [-0.15, -0.1) is 0 Å². The van der Waals surface area contributed by atoms with Gasteiger partial charge in [0.1, 0.15) is 5.78 Å². The van der Waals surface area contributed by atoms with Gasteiger partial charge < -0.3 is 5.32 Å². The lowest BCUT2D eigenvalue weighted by molar-refractivity contribution is -0.129. The minimum atomic E-state index is -0.196. The van der Waals surface area contributed by atoms with Gasteiger partial charge in [-0.2, -0.15) is 5.10 Å². The van der Waals surface area contributed by atoms with Crippen LogP contribution in [0.1, 0.15) is 58.7 Å². The van der Waals surface area contributed by atoms with Crippen molar-refractivity contribution in [2.45, 2.75) is 59.4 Å². The maximum absolute atomic E-state index is 12.8. The average molecular weight is 291 g/mol. The van der Waals surface area contributed by atoms with E-state index in [2.05, 4.69) is 38.1 Å². The summed E-state index contributed by atoms with van der Waals surface area (Å²) >= 11 is 0. The summed E-state index contributed by atoms with van der Waals surface area (Å²) < 4.78 is 2.03. The van der Waals surface area contributed by atoms with E-state index in [0.717, 1.165) is 38.0 Å². The summed E-state index contributed by atoms with van der Waals surface area (Å²) in [5.74, 6) is 0.721. The van der Waals surface area contributed by atoms with Gasteiger partial charge in [-0.25, -0.2) is 0 Å². The number of nitrogens with one attached hydrogen (secondary N) is 1. The van der Waals surface area contributed by atoms with Gasteiger partial charge in [0.2, 0.25) is 0 Å². The Balaban J connectivity index is 2.09. The molecule has 0 saturated carbocycles. The molecule has 4 nitrogen and oxygen atoms in total. The lowest BCUT2D eigenvalue weighted by atomic mass is 9.72. The zero-order valence-corrected chi connectivity index (χ0v) is 13.9. The maximum Gasteiger partial charge on any atom is 0.146 e. The van der Waals surface area contributed by atoms with Crippen LogP contribution in [0.2, 0.25) is 0 Å². The molecule has 1 aromatic rings. The monoisotopic (exact) mass is 291 g/mol. The van der Waals surface area contributed by atoms with Crippen LogP contribution >= 0.6 is 0 Å². The van der Waals surface area contributed by atoms with Crippen LogP contribution in [0, 0.1) is 11.3 Å². The number of aromatic nitrogens is 2. The smallest absolute Gasteiger partial charge is 0.146 e. The fraction of sp³-hybridized carbons (Fsp3) is 0.765. The molecule has 21 heavy (non-hydrogen) atoms. The summed E-state index contributed by atoms with van der Waals surface area (Å²) in [5.41, 5.74) is 0.720. The third-order valence-electron chi connectivity index (χ3n) is 5.17. The minimum absolute atomic E-state index is 0.196. The third-order valence-corrected chi connectivity index (χ3v) is 5.17. The molecular formula is C17H29N3O. The minimum Gasteiger partial charge on any atom is -0.316 e. The summed E-state index contributed by atoms with van der Waals surface area (Å²) in [7, 11) is 0. The molecule has 1 aromatic heterocycles. The molecule has 1 unspecified atom stereocenters. The number of ketones is 1. The van der Waals surface area contributed by atoms with Crippen molar-refractivity contribution < 1.29 is 4.79 Å². The van der Waals surface area contributed by atoms with E-state index in [1.807, 2.05) is 16.9 Å². The SMILES string of the molecule is CCC(CC)n1ccc(CC(=O)C2(C(C)C)CCNC2)n1. The van der Waals surface area contributed by atoms with Crippen LogP contribution in [0.25, 0.3) is 0 Å². The Morgan fingerprint density at radius 3 is 2.67 bits per heavy atom. The first-order valence-corrected chi connectivity index (χ1v) is 8.31. The summed E-state index contributed by atoms with van der Waals surface area (Å²) in [4.78, 5) is 12.8. The molecule has 2 rings (SSSR count). The number of hydrogen-bond acceptors (Lipinski definition) is 3. The number of carbonyl (C=O) groups is 1. The zero-order chi connectivity index (χ0) is 15.5. The van der Waals surface area contributed by atoms with Crippen molar-refractivity contribution >= 4 is 5.78 Å². The van der Waals surface area contributed by atoms with Crippen LogP contribution < -0.4 is 5.32 Å². The van der Waals surface area contributed by atoms with E-state index in [-0.39, 0.29) is 5.41 Å². The Morgan fingerprint density at radius 2 is 2.14 bits per heavy atom. The Bertz CT molecular complexity index is 468. The molecule has 0 spiro atoms. The van der Waals surface area contributed by atoms with Crippen molar-refractivity contribution in [2.75, 3.05) is 13.1 Å². The van der Waals surface area contributed by atoms with Gasteiger partial charge in [0.15, 0.2) is 0 Å². The van der Waals surface area contributed by atoms with Gasteiger partial charge >= 0.3 is 0 Å². The first kappa shape index (κ1) is 16.2. The summed E-state index contributed by atoms with van der Waals surface area (Å²) in [6.07, 6.45) is 5.59. The molecule has 0 aliphatic carbocycles. The fourth-order valence-corrected chi connectivity index (χ4v) is 3.44. The van der Waals surface area contributed by atoms with Crippen molar-refractivity contribution in [1.82, 2.24) is 15.1 Å².